The molecule has 1 aromatic carbocycles. The van der Waals surface area contributed by atoms with Crippen molar-refractivity contribution in [3.8, 4) is 5.69 Å². The second kappa shape index (κ2) is 7.38. The Bertz CT molecular complexity index is 893. The van der Waals surface area contributed by atoms with Crippen molar-refractivity contribution < 1.29 is 14.7 Å². The van der Waals surface area contributed by atoms with Crippen LogP contribution in [0.3, 0.4) is 0 Å². The summed E-state index contributed by atoms with van der Waals surface area (Å²) in [4.78, 5) is 26.3. The van der Waals surface area contributed by atoms with Crippen molar-refractivity contribution in [1.29, 1.82) is 0 Å². The lowest BCUT2D eigenvalue weighted by atomic mass is 10.1. The Labute approximate surface area is 162 Å². The lowest BCUT2D eigenvalue weighted by Crippen LogP contribution is -2.47. The molecule has 7 heteroatoms. The van der Waals surface area contributed by atoms with E-state index in [0.717, 1.165) is 47.5 Å². The summed E-state index contributed by atoms with van der Waals surface area (Å²) in [5, 5.41) is 13.9. The van der Waals surface area contributed by atoms with Crippen LogP contribution in [-0.4, -0.2) is 55.8 Å². The number of hydrogen-bond acceptors (Lipinski definition) is 4. The molecule has 0 bridgehead atoms. The molecule has 0 saturated carbocycles. The SMILES string of the molecule is Cc1ccccc1-n1nc(C(=O)N2CCSCC2CC(=O)O)c2c1CCC2. The highest BCUT2D eigenvalue weighted by molar-refractivity contribution is 7.99. The van der Waals surface area contributed by atoms with Crippen LogP contribution in [0.2, 0.25) is 0 Å². The summed E-state index contributed by atoms with van der Waals surface area (Å²) in [6.07, 6.45) is 2.78. The van der Waals surface area contributed by atoms with Crippen molar-refractivity contribution in [2.45, 2.75) is 38.6 Å². The van der Waals surface area contributed by atoms with E-state index in [1.165, 1.54) is 0 Å². The molecule has 6 nitrogen and oxygen atoms in total. The number of thioether (sulfide) groups is 1. The molecule has 1 fully saturated rings. The third-order valence-corrected chi connectivity index (χ3v) is 6.47. The first-order valence-electron chi connectivity index (χ1n) is 9.33. The first kappa shape index (κ1) is 18.1. The van der Waals surface area contributed by atoms with Crippen LogP contribution in [0.4, 0.5) is 0 Å². The van der Waals surface area contributed by atoms with Gasteiger partial charge in [0.05, 0.1) is 18.2 Å². The molecule has 27 heavy (non-hydrogen) atoms. The number of benzene rings is 1. The van der Waals surface area contributed by atoms with Gasteiger partial charge in [-0.15, -0.1) is 0 Å². The predicted octanol–water partition coefficient (Wildman–Crippen LogP) is 2.70. The first-order chi connectivity index (χ1) is 13.1. The normalized spacial score (nSPS) is 19.1. The number of nitrogens with zero attached hydrogens (tertiary/aromatic N) is 3. The van der Waals surface area contributed by atoms with Crippen LogP contribution in [0.15, 0.2) is 24.3 Å². The molecule has 2 aromatic rings. The van der Waals surface area contributed by atoms with Crippen LogP contribution < -0.4 is 0 Å². The molecule has 1 aliphatic carbocycles. The van der Waals surface area contributed by atoms with Crippen LogP contribution in [0, 0.1) is 6.92 Å². The number of para-hydroxylation sites is 1. The van der Waals surface area contributed by atoms with E-state index in [9.17, 15) is 14.7 Å². The molecule has 1 aliphatic heterocycles. The Morgan fingerprint density at radius 2 is 2.11 bits per heavy atom. The number of carboxylic acids is 1. The van der Waals surface area contributed by atoms with Crippen LogP contribution in [-0.2, 0) is 17.6 Å². The van der Waals surface area contributed by atoms with E-state index in [4.69, 9.17) is 5.10 Å². The molecular weight excluding hydrogens is 362 g/mol. The number of amides is 1. The molecule has 4 rings (SSSR count). The Balaban J connectivity index is 1.72. The zero-order chi connectivity index (χ0) is 19.0. The Morgan fingerprint density at radius 3 is 2.89 bits per heavy atom. The van der Waals surface area contributed by atoms with Gasteiger partial charge < -0.3 is 10.0 Å². The van der Waals surface area contributed by atoms with Gasteiger partial charge in [0.1, 0.15) is 0 Å². The second-order valence-electron chi connectivity index (χ2n) is 7.15. The molecule has 1 aromatic heterocycles. The second-order valence-corrected chi connectivity index (χ2v) is 8.30. The van der Waals surface area contributed by atoms with Gasteiger partial charge in [0.25, 0.3) is 5.91 Å². The standard InChI is InChI=1S/C20H23N3O3S/c1-13-5-2-3-7-16(13)23-17-8-4-6-15(17)19(21-23)20(26)22-9-10-27-12-14(22)11-18(24)25/h2-3,5,7,14H,4,6,8-12H2,1H3,(H,24,25). The molecular formula is C20H23N3O3S. The minimum Gasteiger partial charge on any atom is -0.481 e. The topological polar surface area (TPSA) is 75.4 Å². The first-order valence-corrected chi connectivity index (χ1v) is 10.5. The fourth-order valence-corrected chi connectivity index (χ4v) is 5.10. The molecule has 2 aliphatic rings. The maximum absolute atomic E-state index is 13.3. The van der Waals surface area contributed by atoms with Gasteiger partial charge in [-0.25, -0.2) is 4.68 Å². The van der Waals surface area contributed by atoms with E-state index in [1.807, 2.05) is 35.9 Å². The molecule has 0 radical (unpaired) electrons. The van der Waals surface area contributed by atoms with E-state index < -0.39 is 5.97 Å². The third kappa shape index (κ3) is 3.36. The fourth-order valence-electron chi connectivity index (χ4n) is 4.04. The summed E-state index contributed by atoms with van der Waals surface area (Å²) < 4.78 is 1.93. The average Bonchev–Trinajstić information content (AvgIpc) is 3.24. The number of fused-ring (bicyclic) bond motifs is 1. The zero-order valence-electron chi connectivity index (χ0n) is 15.4. The quantitative estimate of drug-likeness (QED) is 0.876. The number of carbonyl (C=O) groups is 2. The van der Waals surface area contributed by atoms with Gasteiger partial charge in [-0.2, -0.15) is 16.9 Å². The van der Waals surface area contributed by atoms with Gasteiger partial charge in [-0.3, -0.25) is 9.59 Å². The van der Waals surface area contributed by atoms with Crippen LogP contribution in [0.25, 0.3) is 5.69 Å². The van der Waals surface area contributed by atoms with Gasteiger partial charge in [0.2, 0.25) is 0 Å². The largest absolute Gasteiger partial charge is 0.481 e. The Hall–Kier alpha value is -2.28. The Kier molecular flexibility index (Phi) is 4.95. The van der Waals surface area contributed by atoms with Gasteiger partial charge in [0, 0.05) is 29.3 Å². The molecule has 142 valence electrons. The number of aryl methyl sites for hydroxylation is 1. The van der Waals surface area contributed by atoms with Crippen molar-refractivity contribution in [2.75, 3.05) is 18.1 Å². The number of aliphatic carboxylic acids is 1. The average molecular weight is 385 g/mol. The Morgan fingerprint density at radius 1 is 1.30 bits per heavy atom. The number of rotatable bonds is 4. The zero-order valence-corrected chi connectivity index (χ0v) is 16.2. The molecule has 0 spiro atoms. The fraction of sp³-hybridized carbons (Fsp3) is 0.450. The van der Waals surface area contributed by atoms with E-state index in [0.29, 0.717) is 18.0 Å². The van der Waals surface area contributed by atoms with Crippen molar-refractivity contribution >= 4 is 23.6 Å². The van der Waals surface area contributed by atoms with Gasteiger partial charge in [-0.05, 0) is 37.8 Å². The van der Waals surface area contributed by atoms with Crippen LogP contribution in [0.1, 0.15) is 40.2 Å². The number of hydrogen-bond donors (Lipinski definition) is 1. The molecule has 1 atom stereocenters. The number of aromatic nitrogens is 2. The highest BCUT2D eigenvalue weighted by atomic mass is 32.2. The minimum absolute atomic E-state index is 0.0145. The summed E-state index contributed by atoms with van der Waals surface area (Å²) in [6.45, 7) is 2.62. The van der Waals surface area contributed by atoms with Gasteiger partial charge >= 0.3 is 5.97 Å². The predicted molar refractivity (Wildman–Crippen MR) is 105 cm³/mol. The van der Waals surface area contributed by atoms with Crippen LogP contribution >= 0.6 is 11.8 Å². The maximum atomic E-state index is 13.3. The summed E-state index contributed by atoms with van der Waals surface area (Å²) in [5.74, 6) is 0.518. The minimum atomic E-state index is -0.865. The summed E-state index contributed by atoms with van der Waals surface area (Å²) in [5.41, 5.74) is 4.79. The van der Waals surface area contributed by atoms with Gasteiger partial charge in [0.15, 0.2) is 5.69 Å². The summed E-state index contributed by atoms with van der Waals surface area (Å²) in [7, 11) is 0. The molecule has 2 heterocycles. The molecule has 1 unspecified atom stereocenters. The molecule has 1 amide bonds. The van der Waals surface area contributed by atoms with Crippen molar-refractivity contribution in [2.24, 2.45) is 0 Å². The van der Waals surface area contributed by atoms with E-state index in [1.54, 1.807) is 16.7 Å². The highest BCUT2D eigenvalue weighted by Gasteiger charge is 2.34. The van der Waals surface area contributed by atoms with E-state index in [2.05, 4.69) is 0 Å². The summed E-state index contributed by atoms with van der Waals surface area (Å²) >= 11 is 1.71. The van der Waals surface area contributed by atoms with Crippen molar-refractivity contribution in [3.05, 3.63) is 46.8 Å². The van der Waals surface area contributed by atoms with Crippen molar-refractivity contribution in [1.82, 2.24) is 14.7 Å². The molecule has 1 saturated heterocycles. The summed E-state index contributed by atoms with van der Waals surface area (Å²) in [6, 6.07) is 7.79. The maximum Gasteiger partial charge on any atom is 0.305 e. The number of carboxylic acid groups (broad SMARTS) is 1. The van der Waals surface area contributed by atoms with E-state index in [-0.39, 0.29) is 18.4 Å². The van der Waals surface area contributed by atoms with Crippen LogP contribution in [0.5, 0.6) is 0 Å². The smallest absolute Gasteiger partial charge is 0.305 e. The highest BCUT2D eigenvalue weighted by Crippen LogP contribution is 2.31. The molecule has 1 N–H and O–H groups in total. The lowest BCUT2D eigenvalue weighted by molar-refractivity contribution is -0.138. The van der Waals surface area contributed by atoms with Gasteiger partial charge in [-0.1, -0.05) is 18.2 Å². The lowest BCUT2D eigenvalue weighted by Gasteiger charge is -2.34. The van der Waals surface area contributed by atoms with E-state index >= 15 is 0 Å². The number of carbonyl (C=O) groups excluding carboxylic acids is 1. The third-order valence-electron chi connectivity index (χ3n) is 5.38. The monoisotopic (exact) mass is 385 g/mol. The van der Waals surface area contributed by atoms with Crippen molar-refractivity contribution in [3.63, 3.8) is 0 Å².